The van der Waals surface area contributed by atoms with Gasteiger partial charge in [-0.05, 0) is 31.4 Å². The van der Waals surface area contributed by atoms with Crippen LogP contribution in [0.1, 0.15) is 41.2 Å². The zero-order chi connectivity index (χ0) is 10.8. The Labute approximate surface area is 87.9 Å². The van der Waals surface area contributed by atoms with Gasteiger partial charge in [0.2, 0.25) is 0 Å². The second-order valence-electron chi connectivity index (χ2n) is 3.52. The fourth-order valence-corrected chi connectivity index (χ4v) is 1.75. The van der Waals surface area contributed by atoms with E-state index in [0.717, 1.165) is 12.0 Å². The van der Waals surface area contributed by atoms with Gasteiger partial charge >= 0.3 is 5.97 Å². The Balaban J connectivity index is 2.29. The molecule has 0 spiro atoms. The summed E-state index contributed by atoms with van der Waals surface area (Å²) >= 11 is 0. The van der Waals surface area contributed by atoms with Crippen molar-refractivity contribution in [2.24, 2.45) is 0 Å². The van der Waals surface area contributed by atoms with Gasteiger partial charge in [-0.15, -0.1) is 0 Å². The number of carbonyl (C=O) groups excluding carboxylic acids is 1. The summed E-state index contributed by atoms with van der Waals surface area (Å²) in [6.45, 7) is 2.08. The van der Waals surface area contributed by atoms with Crippen LogP contribution in [0.3, 0.4) is 0 Å². The van der Waals surface area contributed by atoms with E-state index < -0.39 is 12.1 Å². The van der Waals surface area contributed by atoms with Crippen LogP contribution in [0.15, 0.2) is 12.1 Å². The molecule has 0 aromatic carbocycles. The third-order valence-corrected chi connectivity index (χ3v) is 2.50. The first kappa shape index (κ1) is 10.1. The molecule has 0 aliphatic heterocycles. The molecule has 0 amide bonds. The maximum Gasteiger partial charge on any atom is 0.356 e. The van der Waals surface area contributed by atoms with Crippen LogP contribution in [0.2, 0.25) is 0 Å². The molecule has 0 saturated carbocycles. The van der Waals surface area contributed by atoms with E-state index in [-0.39, 0.29) is 5.69 Å². The maximum atomic E-state index is 11.4. The SMILES string of the molecule is CCOC(=O)c1ccc2c(n1)C(O)CC2. The van der Waals surface area contributed by atoms with Gasteiger partial charge in [0.15, 0.2) is 0 Å². The predicted molar refractivity (Wildman–Crippen MR) is 53.5 cm³/mol. The highest BCUT2D eigenvalue weighted by Gasteiger charge is 2.23. The third-order valence-electron chi connectivity index (χ3n) is 2.50. The number of aryl methyl sites for hydroxylation is 1. The number of aliphatic hydroxyl groups excluding tert-OH is 1. The molecule has 1 heterocycles. The van der Waals surface area contributed by atoms with E-state index in [9.17, 15) is 9.90 Å². The van der Waals surface area contributed by atoms with Gasteiger partial charge in [0.1, 0.15) is 5.69 Å². The summed E-state index contributed by atoms with van der Waals surface area (Å²) in [5, 5.41) is 9.60. The number of pyridine rings is 1. The van der Waals surface area contributed by atoms with E-state index in [2.05, 4.69) is 4.98 Å². The van der Waals surface area contributed by atoms with E-state index in [1.54, 1.807) is 13.0 Å². The zero-order valence-electron chi connectivity index (χ0n) is 8.56. The molecular weight excluding hydrogens is 194 g/mol. The van der Waals surface area contributed by atoms with Crippen LogP contribution < -0.4 is 0 Å². The molecule has 2 rings (SSSR count). The van der Waals surface area contributed by atoms with Crippen LogP contribution >= 0.6 is 0 Å². The third kappa shape index (κ3) is 1.85. The van der Waals surface area contributed by atoms with Gasteiger partial charge in [0.05, 0.1) is 18.4 Å². The van der Waals surface area contributed by atoms with Gasteiger partial charge in [-0.3, -0.25) is 0 Å². The van der Waals surface area contributed by atoms with Gasteiger partial charge < -0.3 is 9.84 Å². The van der Waals surface area contributed by atoms with Crippen LogP contribution in [0.25, 0.3) is 0 Å². The van der Waals surface area contributed by atoms with Gasteiger partial charge in [0.25, 0.3) is 0 Å². The van der Waals surface area contributed by atoms with E-state index in [4.69, 9.17) is 4.74 Å². The van der Waals surface area contributed by atoms with Crippen molar-refractivity contribution in [3.05, 3.63) is 29.1 Å². The molecule has 1 aromatic heterocycles. The lowest BCUT2D eigenvalue weighted by atomic mass is 10.2. The van der Waals surface area contributed by atoms with Crippen molar-refractivity contribution in [2.45, 2.75) is 25.9 Å². The molecule has 0 bridgehead atoms. The van der Waals surface area contributed by atoms with Gasteiger partial charge in [-0.25, -0.2) is 9.78 Å². The van der Waals surface area contributed by atoms with Gasteiger partial charge in [0, 0.05) is 0 Å². The second-order valence-corrected chi connectivity index (χ2v) is 3.52. The number of ether oxygens (including phenoxy) is 1. The molecule has 0 fully saturated rings. The first-order valence-electron chi connectivity index (χ1n) is 5.07. The van der Waals surface area contributed by atoms with Crippen molar-refractivity contribution in [3.63, 3.8) is 0 Å². The fraction of sp³-hybridized carbons (Fsp3) is 0.455. The number of hydrogen-bond donors (Lipinski definition) is 1. The lowest BCUT2D eigenvalue weighted by Gasteiger charge is -2.05. The summed E-state index contributed by atoms with van der Waals surface area (Å²) in [5.74, 6) is -0.431. The van der Waals surface area contributed by atoms with E-state index >= 15 is 0 Å². The number of esters is 1. The predicted octanol–water partition coefficient (Wildman–Crippen LogP) is 1.24. The van der Waals surface area contributed by atoms with Crippen molar-refractivity contribution in [3.8, 4) is 0 Å². The standard InChI is InChI=1S/C11H13NO3/c1-2-15-11(14)8-5-3-7-4-6-9(13)10(7)12-8/h3,5,9,13H,2,4,6H2,1H3. The second kappa shape index (κ2) is 3.98. The average molecular weight is 207 g/mol. The number of aliphatic hydroxyl groups is 1. The zero-order valence-corrected chi connectivity index (χ0v) is 8.56. The van der Waals surface area contributed by atoms with Crippen LogP contribution in [0.4, 0.5) is 0 Å². The van der Waals surface area contributed by atoms with Crippen molar-refractivity contribution >= 4 is 5.97 Å². The Morgan fingerprint density at radius 1 is 1.67 bits per heavy atom. The lowest BCUT2D eigenvalue weighted by Crippen LogP contribution is -2.09. The van der Waals surface area contributed by atoms with Gasteiger partial charge in [-0.1, -0.05) is 6.07 Å². The Morgan fingerprint density at radius 3 is 3.20 bits per heavy atom. The molecule has 1 aliphatic rings. The molecule has 1 atom stereocenters. The monoisotopic (exact) mass is 207 g/mol. The quantitative estimate of drug-likeness (QED) is 0.741. The van der Waals surface area contributed by atoms with Crippen molar-refractivity contribution in [1.29, 1.82) is 0 Å². The minimum absolute atomic E-state index is 0.275. The number of hydrogen-bond acceptors (Lipinski definition) is 4. The Morgan fingerprint density at radius 2 is 2.47 bits per heavy atom. The van der Waals surface area contributed by atoms with Crippen LogP contribution in [-0.4, -0.2) is 22.7 Å². The summed E-state index contributed by atoms with van der Waals surface area (Å²) in [7, 11) is 0. The van der Waals surface area contributed by atoms with Crippen LogP contribution in [-0.2, 0) is 11.2 Å². The molecule has 1 unspecified atom stereocenters. The van der Waals surface area contributed by atoms with Gasteiger partial charge in [-0.2, -0.15) is 0 Å². The largest absolute Gasteiger partial charge is 0.461 e. The molecular formula is C11H13NO3. The average Bonchev–Trinajstić information content (AvgIpc) is 2.60. The Hall–Kier alpha value is -1.42. The normalized spacial score (nSPS) is 18.7. The number of nitrogens with zero attached hydrogens (tertiary/aromatic N) is 1. The van der Waals surface area contributed by atoms with Crippen molar-refractivity contribution in [1.82, 2.24) is 4.98 Å². The highest BCUT2D eigenvalue weighted by molar-refractivity contribution is 5.87. The summed E-state index contributed by atoms with van der Waals surface area (Å²) in [6.07, 6.45) is 0.982. The minimum atomic E-state index is -0.533. The Bertz CT molecular complexity index is 389. The molecule has 4 heteroatoms. The topological polar surface area (TPSA) is 59.4 Å². The molecule has 80 valence electrons. The molecule has 15 heavy (non-hydrogen) atoms. The number of carbonyl (C=O) groups is 1. The highest BCUT2D eigenvalue weighted by atomic mass is 16.5. The van der Waals surface area contributed by atoms with E-state index in [1.165, 1.54) is 0 Å². The molecule has 1 aliphatic carbocycles. The summed E-state index contributed by atoms with van der Waals surface area (Å²) in [4.78, 5) is 15.5. The van der Waals surface area contributed by atoms with E-state index in [0.29, 0.717) is 18.7 Å². The van der Waals surface area contributed by atoms with Crippen molar-refractivity contribution in [2.75, 3.05) is 6.61 Å². The summed E-state index contributed by atoms with van der Waals surface area (Å²) < 4.78 is 4.84. The number of aromatic nitrogens is 1. The van der Waals surface area contributed by atoms with Crippen molar-refractivity contribution < 1.29 is 14.6 Å². The Kier molecular flexibility index (Phi) is 2.68. The smallest absolute Gasteiger partial charge is 0.356 e. The molecule has 1 N–H and O–H groups in total. The number of rotatable bonds is 2. The number of fused-ring (bicyclic) bond motifs is 1. The molecule has 0 saturated heterocycles. The highest BCUT2D eigenvalue weighted by Crippen LogP contribution is 2.29. The first-order chi connectivity index (χ1) is 7.22. The fourth-order valence-electron chi connectivity index (χ4n) is 1.75. The summed E-state index contributed by atoms with van der Waals surface area (Å²) in [6, 6.07) is 3.49. The maximum absolute atomic E-state index is 11.4. The van der Waals surface area contributed by atoms with E-state index in [1.807, 2.05) is 6.07 Å². The van der Waals surface area contributed by atoms with Crippen LogP contribution in [0, 0.1) is 0 Å². The lowest BCUT2D eigenvalue weighted by molar-refractivity contribution is 0.0518. The molecule has 1 aromatic rings. The molecule has 0 radical (unpaired) electrons. The summed E-state index contributed by atoms with van der Waals surface area (Å²) in [5.41, 5.74) is 1.92. The van der Waals surface area contributed by atoms with Crippen LogP contribution in [0.5, 0.6) is 0 Å². The first-order valence-corrected chi connectivity index (χ1v) is 5.07. The minimum Gasteiger partial charge on any atom is -0.461 e. The molecule has 4 nitrogen and oxygen atoms in total.